The highest BCUT2D eigenvalue weighted by Crippen LogP contribution is 2.22. The number of hydrogen-bond acceptors (Lipinski definition) is 5. The van der Waals surface area contributed by atoms with E-state index in [0.29, 0.717) is 31.5 Å². The van der Waals surface area contributed by atoms with Gasteiger partial charge in [-0.2, -0.15) is 5.26 Å². The normalized spacial score (nSPS) is 18.9. The van der Waals surface area contributed by atoms with E-state index in [9.17, 15) is 9.59 Å². The largest absolute Gasteiger partial charge is 0.444 e. The molecule has 0 radical (unpaired) electrons. The molecule has 2 heterocycles. The maximum atomic E-state index is 13.1. The molecule has 2 amide bonds. The average Bonchev–Trinajstić information content (AvgIpc) is 2.98. The fourth-order valence-corrected chi connectivity index (χ4v) is 4.19. The van der Waals surface area contributed by atoms with Crippen LogP contribution in [0.3, 0.4) is 0 Å². The third kappa shape index (κ3) is 6.70. The Balaban J connectivity index is 1.46. The van der Waals surface area contributed by atoms with Crippen molar-refractivity contribution in [3.63, 3.8) is 0 Å². The van der Waals surface area contributed by atoms with E-state index >= 15 is 0 Å². The smallest absolute Gasteiger partial charge is 0.410 e. The van der Waals surface area contributed by atoms with Crippen LogP contribution >= 0.6 is 0 Å². The van der Waals surface area contributed by atoms with Crippen molar-refractivity contribution in [3.8, 4) is 6.07 Å². The van der Waals surface area contributed by atoms with E-state index in [4.69, 9.17) is 10.00 Å². The number of piperidine rings is 1. The van der Waals surface area contributed by atoms with Crippen molar-refractivity contribution < 1.29 is 14.3 Å². The molecule has 0 unspecified atom stereocenters. The Labute approximate surface area is 185 Å². The zero-order valence-corrected chi connectivity index (χ0v) is 19.0. The second kappa shape index (κ2) is 10.1. The van der Waals surface area contributed by atoms with E-state index < -0.39 is 5.60 Å². The van der Waals surface area contributed by atoms with Gasteiger partial charge in [-0.1, -0.05) is 12.1 Å². The predicted molar refractivity (Wildman–Crippen MR) is 118 cm³/mol. The minimum atomic E-state index is -0.501. The van der Waals surface area contributed by atoms with Crippen LogP contribution in [0.4, 0.5) is 4.79 Å². The number of hydrogen-bond donors (Lipinski definition) is 0. The van der Waals surface area contributed by atoms with Gasteiger partial charge in [0.05, 0.1) is 11.6 Å². The van der Waals surface area contributed by atoms with Crippen molar-refractivity contribution in [2.75, 3.05) is 39.3 Å². The molecule has 168 valence electrons. The Kier molecular flexibility index (Phi) is 7.55. The molecule has 2 saturated heterocycles. The Bertz CT molecular complexity index is 802. The standard InChI is InChI=1S/C24H34N4O3/c1-24(2,3)31-23(30)28-13-9-21(10-14-28)22(29)27-12-4-11-26(15-16-27)18-20-7-5-19(17-25)6-8-20/h5-8,21H,4,9-16,18H2,1-3H3. The van der Waals surface area contributed by atoms with Crippen molar-refractivity contribution in [3.05, 3.63) is 35.4 Å². The molecule has 1 aromatic carbocycles. The van der Waals surface area contributed by atoms with E-state index in [0.717, 1.165) is 39.1 Å². The van der Waals surface area contributed by atoms with Crippen LogP contribution in [0.2, 0.25) is 0 Å². The van der Waals surface area contributed by atoms with Crippen molar-refractivity contribution in [1.82, 2.24) is 14.7 Å². The molecule has 0 aliphatic carbocycles. The summed E-state index contributed by atoms with van der Waals surface area (Å²) in [5.41, 5.74) is 1.36. The Hall–Kier alpha value is -2.59. The summed E-state index contributed by atoms with van der Waals surface area (Å²) >= 11 is 0. The summed E-state index contributed by atoms with van der Waals surface area (Å²) in [6, 6.07) is 9.87. The molecule has 3 rings (SSSR count). The topological polar surface area (TPSA) is 76.9 Å². The number of nitriles is 1. The van der Waals surface area contributed by atoms with Crippen LogP contribution in [-0.2, 0) is 16.1 Å². The zero-order valence-electron chi connectivity index (χ0n) is 19.0. The van der Waals surface area contributed by atoms with Crippen molar-refractivity contribution in [2.24, 2.45) is 5.92 Å². The highest BCUT2D eigenvalue weighted by atomic mass is 16.6. The highest BCUT2D eigenvalue weighted by Gasteiger charge is 2.32. The quantitative estimate of drug-likeness (QED) is 0.742. The molecule has 0 bridgehead atoms. The lowest BCUT2D eigenvalue weighted by Crippen LogP contribution is -2.46. The lowest BCUT2D eigenvalue weighted by Gasteiger charge is -2.34. The number of rotatable bonds is 3. The van der Waals surface area contributed by atoms with Crippen LogP contribution < -0.4 is 0 Å². The lowest BCUT2D eigenvalue weighted by atomic mass is 9.95. The molecule has 0 atom stereocenters. The summed E-state index contributed by atoms with van der Waals surface area (Å²) in [5.74, 6) is 0.216. The molecule has 7 nitrogen and oxygen atoms in total. The van der Waals surface area contributed by atoms with Crippen LogP contribution in [0.25, 0.3) is 0 Å². The summed E-state index contributed by atoms with van der Waals surface area (Å²) in [6.45, 7) is 10.9. The van der Waals surface area contributed by atoms with Crippen molar-refractivity contribution >= 4 is 12.0 Å². The molecular weight excluding hydrogens is 392 g/mol. The van der Waals surface area contributed by atoms with E-state index in [1.165, 1.54) is 5.56 Å². The van der Waals surface area contributed by atoms with Crippen LogP contribution in [0.5, 0.6) is 0 Å². The second-order valence-electron chi connectivity index (χ2n) is 9.51. The molecule has 7 heteroatoms. The summed E-state index contributed by atoms with van der Waals surface area (Å²) in [4.78, 5) is 31.4. The lowest BCUT2D eigenvalue weighted by molar-refractivity contribution is -0.137. The van der Waals surface area contributed by atoms with Gasteiger partial charge in [0.15, 0.2) is 0 Å². The molecule has 0 aromatic heterocycles. The Morgan fingerprint density at radius 2 is 1.68 bits per heavy atom. The Morgan fingerprint density at radius 1 is 1.00 bits per heavy atom. The van der Waals surface area contributed by atoms with Crippen LogP contribution in [-0.4, -0.2) is 71.6 Å². The SMILES string of the molecule is CC(C)(C)OC(=O)N1CCC(C(=O)N2CCCN(Cc3ccc(C#N)cc3)CC2)CC1. The monoisotopic (exact) mass is 426 g/mol. The summed E-state index contributed by atoms with van der Waals surface area (Å²) in [5, 5.41) is 8.94. The van der Waals surface area contributed by atoms with Gasteiger partial charge < -0.3 is 14.5 Å². The first kappa shape index (κ1) is 23.1. The van der Waals surface area contributed by atoms with E-state index in [-0.39, 0.29) is 17.9 Å². The average molecular weight is 427 g/mol. The number of nitrogens with zero attached hydrogens (tertiary/aromatic N) is 4. The molecule has 0 spiro atoms. The molecule has 2 fully saturated rings. The number of carbonyl (C=O) groups is 2. The Morgan fingerprint density at radius 3 is 2.29 bits per heavy atom. The molecule has 0 N–H and O–H groups in total. The first-order valence-corrected chi connectivity index (χ1v) is 11.2. The van der Waals surface area contributed by atoms with Gasteiger partial charge in [-0.15, -0.1) is 0 Å². The van der Waals surface area contributed by atoms with Crippen molar-refractivity contribution in [2.45, 2.75) is 52.2 Å². The molecular formula is C24H34N4O3. The van der Waals surface area contributed by atoms with Crippen LogP contribution in [0.1, 0.15) is 51.2 Å². The second-order valence-corrected chi connectivity index (χ2v) is 9.51. The third-order valence-corrected chi connectivity index (χ3v) is 5.89. The maximum Gasteiger partial charge on any atom is 0.410 e. The summed E-state index contributed by atoms with van der Waals surface area (Å²) in [6.07, 6.45) is 2.07. The minimum Gasteiger partial charge on any atom is -0.444 e. The zero-order chi connectivity index (χ0) is 22.4. The molecule has 31 heavy (non-hydrogen) atoms. The van der Waals surface area contributed by atoms with E-state index in [1.54, 1.807) is 4.90 Å². The number of carbonyl (C=O) groups excluding carboxylic acids is 2. The maximum absolute atomic E-state index is 13.1. The number of likely N-dealkylation sites (tertiary alicyclic amines) is 1. The molecule has 1 aromatic rings. The van der Waals surface area contributed by atoms with Gasteiger partial charge in [-0.3, -0.25) is 9.69 Å². The van der Waals surface area contributed by atoms with Crippen molar-refractivity contribution in [1.29, 1.82) is 5.26 Å². The molecule has 2 aliphatic rings. The summed E-state index contributed by atoms with van der Waals surface area (Å²) < 4.78 is 5.45. The van der Waals surface area contributed by atoms with Gasteiger partial charge in [0, 0.05) is 51.7 Å². The third-order valence-electron chi connectivity index (χ3n) is 5.89. The van der Waals surface area contributed by atoms with Gasteiger partial charge in [-0.25, -0.2) is 4.79 Å². The number of amides is 2. The molecule has 2 aliphatic heterocycles. The minimum absolute atomic E-state index is 0.0104. The van der Waals surface area contributed by atoms with E-state index in [1.807, 2.05) is 49.9 Å². The van der Waals surface area contributed by atoms with Gasteiger partial charge in [0.25, 0.3) is 0 Å². The van der Waals surface area contributed by atoms with Crippen LogP contribution in [0.15, 0.2) is 24.3 Å². The van der Waals surface area contributed by atoms with Crippen LogP contribution in [0, 0.1) is 17.2 Å². The van der Waals surface area contributed by atoms with E-state index in [2.05, 4.69) is 11.0 Å². The fourth-order valence-electron chi connectivity index (χ4n) is 4.19. The first-order valence-electron chi connectivity index (χ1n) is 11.2. The predicted octanol–water partition coefficient (Wildman–Crippen LogP) is 3.24. The number of ether oxygens (including phenoxy) is 1. The summed E-state index contributed by atoms with van der Waals surface area (Å²) in [7, 11) is 0. The fraction of sp³-hybridized carbons (Fsp3) is 0.625. The van der Waals surface area contributed by atoms with Gasteiger partial charge in [0.1, 0.15) is 5.60 Å². The highest BCUT2D eigenvalue weighted by molar-refractivity contribution is 5.79. The van der Waals surface area contributed by atoms with Gasteiger partial charge in [0.2, 0.25) is 5.91 Å². The first-order chi connectivity index (χ1) is 14.7. The van der Waals surface area contributed by atoms with Gasteiger partial charge >= 0.3 is 6.09 Å². The number of benzene rings is 1. The van der Waals surface area contributed by atoms with Gasteiger partial charge in [-0.05, 0) is 57.7 Å². The molecule has 0 saturated carbocycles.